The lowest BCUT2D eigenvalue weighted by molar-refractivity contribution is -0.167. The maximum absolute atomic E-state index is 13.2. The van der Waals surface area contributed by atoms with Crippen molar-refractivity contribution in [1.82, 2.24) is 4.98 Å². The quantitative estimate of drug-likeness (QED) is 0.859. The highest BCUT2D eigenvalue weighted by atomic mass is 19.4. The van der Waals surface area contributed by atoms with Gasteiger partial charge in [-0.05, 0) is 23.8 Å². The van der Waals surface area contributed by atoms with Crippen LogP contribution in [0.2, 0.25) is 0 Å². The number of carbonyl (C=O) groups is 1. The Bertz CT molecular complexity index is 640. The molecule has 1 amide bonds. The molecule has 7 heteroatoms. The van der Waals surface area contributed by atoms with E-state index in [0.29, 0.717) is 5.56 Å². The number of amides is 1. The van der Waals surface area contributed by atoms with Crippen molar-refractivity contribution in [3.8, 4) is 11.1 Å². The summed E-state index contributed by atoms with van der Waals surface area (Å²) in [5.74, 6) is -2.64. The minimum Gasteiger partial charge on any atom is -0.316 e. The van der Waals surface area contributed by atoms with E-state index in [1.807, 2.05) is 0 Å². The molecule has 0 aliphatic heterocycles. The maximum atomic E-state index is 13.2. The van der Waals surface area contributed by atoms with E-state index >= 15 is 0 Å². The first-order chi connectivity index (χ1) is 9.38. The second-order valence-corrected chi connectivity index (χ2v) is 3.88. The van der Waals surface area contributed by atoms with Crippen LogP contribution in [-0.4, -0.2) is 17.1 Å². The van der Waals surface area contributed by atoms with Crippen LogP contribution < -0.4 is 5.32 Å². The molecule has 1 N–H and O–H groups in total. The molecule has 0 saturated heterocycles. The van der Waals surface area contributed by atoms with E-state index in [-0.39, 0.29) is 11.3 Å². The lowest BCUT2D eigenvalue weighted by atomic mass is 10.1. The predicted octanol–water partition coefficient (Wildman–Crippen LogP) is 3.39. The molecule has 2 aromatic rings. The predicted molar refractivity (Wildman–Crippen MR) is 64.3 cm³/mol. The third kappa shape index (κ3) is 3.11. The maximum Gasteiger partial charge on any atom is 0.471 e. The third-order valence-electron chi connectivity index (χ3n) is 2.46. The summed E-state index contributed by atoms with van der Waals surface area (Å²) in [4.78, 5) is 14.6. The molecule has 0 fully saturated rings. The van der Waals surface area contributed by atoms with Gasteiger partial charge in [0.15, 0.2) is 0 Å². The van der Waals surface area contributed by atoms with E-state index in [0.717, 1.165) is 12.3 Å². The number of alkyl halides is 3. The first-order valence-electron chi connectivity index (χ1n) is 5.46. The average Bonchev–Trinajstić information content (AvgIpc) is 2.38. The fraction of sp³-hybridized carbons (Fsp3) is 0.0769. The first-order valence-corrected chi connectivity index (χ1v) is 5.46. The topological polar surface area (TPSA) is 42.0 Å². The number of carbonyl (C=O) groups excluding carboxylic acids is 1. The molecule has 20 heavy (non-hydrogen) atoms. The van der Waals surface area contributed by atoms with Gasteiger partial charge >= 0.3 is 12.1 Å². The van der Waals surface area contributed by atoms with E-state index in [2.05, 4.69) is 4.98 Å². The Hall–Kier alpha value is -2.44. The van der Waals surface area contributed by atoms with Crippen LogP contribution in [0.15, 0.2) is 42.7 Å². The Balaban J connectivity index is 2.39. The van der Waals surface area contributed by atoms with Crippen molar-refractivity contribution < 1.29 is 22.4 Å². The van der Waals surface area contributed by atoms with Gasteiger partial charge in [0.2, 0.25) is 0 Å². The molecular weight excluding hydrogens is 276 g/mol. The summed E-state index contributed by atoms with van der Waals surface area (Å²) in [7, 11) is 0. The van der Waals surface area contributed by atoms with Crippen molar-refractivity contribution in [2.24, 2.45) is 0 Å². The molecular formula is C13H8F4N2O. The van der Waals surface area contributed by atoms with Gasteiger partial charge in [0.1, 0.15) is 5.82 Å². The Labute approximate surface area is 111 Å². The molecule has 0 spiro atoms. The van der Waals surface area contributed by atoms with Crippen molar-refractivity contribution in [3.63, 3.8) is 0 Å². The number of anilines is 1. The number of nitrogens with zero attached hydrogens (tertiary/aromatic N) is 1. The number of benzene rings is 1. The van der Waals surface area contributed by atoms with Gasteiger partial charge in [0, 0.05) is 11.8 Å². The van der Waals surface area contributed by atoms with Crippen LogP contribution in [0.3, 0.4) is 0 Å². The number of nitrogens with one attached hydrogen (secondary N) is 1. The van der Waals surface area contributed by atoms with E-state index in [9.17, 15) is 22.4 Å². The largest absolute Gasteiger partial charge is 0.471 e. The number of aromatic nitrogens is 1. The molecule has 1 heterocycles. The van der Waals surface area contributed by atoms with Gasteiger partial charge in [-0.15, -0.1) is 0 Å². The zero-order valence-electron chi connectivity index (χ0n) is 9.91. The molecule has 0 aliphatic carbocycles. The molecule has 0 saturated carbocycles. The van der Waals surface area contributed by atoms with Crippen LogP contribution in [0, 0.1) is 5.82 Å². The summed E-state index contributed by atoms with van der Waals surface area (Å²) in [6.07, 6.45) is -2.59. The zero-order chi connectivity index (χ0) is 14.8. The summed E-state index contributed by atoms with van der Waals surface area (Å²) in [6.45, 7) is 0. The highest BCUT2D eigenvalue weighted by Crippen LogP contribution is 2.28. The van der Waals surface area contributed by atoms with Crippen molar-refractivity contribution in [2.45, 2.75) is 6.18 Å². The molecule has 0 bridgehead atoms. The summed E-state index contributed by atoms with van der Waals surface area (Å²) in [5, 5.41) is 1.72. The summed E-state index contributed by atoms with van der Waals surface area (Å²) in [6, 6.07) is 6.68. The molecule has 3 nitrogen and oxygen atoms in total. The van der Waals surface area contributed by atoms with Gasteiger partial charge in [-0.2, -0.15) is 13.2 Å². The number of hydrogen-bond donors (Lipinski definition) is 1. The van der Waals surface area contributed by atoms with Crippen LogP contribution in [0.4, 0.5) is 23.2 Å². The van der Waals surface area contributed by atoms with Crippen LogP contribution in [0.5, 0.6) is 0 Å². The molecule has 2 rings (SSSR count). The molecule has 104 valence electrons. The van der Waals surface area contributed by atoms with E-state index in [4.69, 9.17) is 0 Å². The van der Waals surface area contributed by atoms with Gasteiger partial charge in [-0.3, -0.25) is 9.78 Å². The van der Waals surface area contributed by atoms with E-state index in [1.54, 1.807) is 5.32 Å². The molecule has 0 unspecified atom stereocenters. The van der Waals surface area contributed by atoms with Gasteiger partial charge in [0.25, 0.3) is 0 Å². The third-order valence-corrected chi connectivity index (χ3v) is 2.46. The number of rotatable bonds is 2. The highest BCUT2D eigenvalue weighted by molar-refractivity contribution is 5.98. The Morgan fingerprint density at radius 2 is 1.95 bits per heavy atom. The van der Waals surface area contributed by atoms with Crippen LogP contribution in [0.25, 0.3) is 11.1 Å². The Morgan fingerprint density at radius 1 is 1.20 bits per heavy atom. The lowest BCUT2D eigenvalue weighted by Crippen LogP contribution is -2.30. The van der Waals surface area contributed by atoms with Gasteiger partial charge in [-0.1, -0.05) is 12.1 Å². The fourth-order valence-corrected chi connectivity index (χ4v) is 1.59. The van der Waals surface area contributed by atoms with Crippen LogP contribution >= 0.6 is 0 Å². The minimum atomic E-state index is -5.00. The molecule has 0 aliphatic rings. The number of hydrogen-bond acceptors (Lipinski definition) is 2. The van der Waals surface area contributed by atoms with Crippen molar-refractivity contribution in [3.05, 3.63) is 48.5 Å². The van der Waals surface area contributed by atoms with Crippen molar-refractivity contribution in [2.75, 3.05) is 5.32 Å². The molecule has 0 radical (unpaired) electrons. The van der Waals surface area contributed by atoms with Crippen molar-refractivity contribution in [1.29, 1.82) is 0 Å². The number of halogens is 4. The monoisotopic (exact) mass is 284 g/mol. The smallest absolute Gasteiger partial charge is 0.316 e. The average molecular weight is 284 g/mol. The lowest BCUT2D eigenvalue weighted by Gasteiger charge is -2.12. The summed E-state index contributed by atoms with van der Waals surface area (Å²) in [5.41, 5.74) is 0.447. The summed E-state index contributed by atoms with van der Waals surface area (Å²) >= 11 is 0. The molecule has 1 aromatic carbocycles. The second kappa shape index (κ2) is 5.28. The fourth-order valence-electron chi connectivity index (χ4n) is 1.59. The van der Waals surface area contributed by atoms with Crippen LogP contribution in [-0.2, 0) is 4.79 Å². The zero-order valence-corrected chi connectivity index (χ0v) is 9.91. The second-order valence-electron chi connectivity index (χ2n) is 3.88. The van der Waals surface area contributed by atoms with Gasteiger partial charge in [-0.25, -0.2) is 4.39 Å². The molecule has 0 atom stereocenters. The van der Waals surface area contributed by atoms with Crippen molar-refractivity contribution >= 4 is 11.6 Å². The van der Waals surface area contributed by atoms with Gasteiger partial charge in [0.05, 0.1) is 11.9 Å². The normalized spacial score (nSPS) is 11.2. The van der Waals surface area contributed by atoms with Crippen LogP contribution in [0.1, 0.15) is 0 Å². The first kappa shape index (κ1) is 14.0. The Morgan fingerprint density at radius 3 is 2.60 bits per heavy atom. The minimum absolute atomic E-state index is 0.138. The standard InChI is InChI=1S/C13H8F4N2O/c14-9-3-1-2-8(6-9)10-4-5-18-7-11(10)19-12(20)13(15,16)17/h1-7H,(H,19,20). The summed E-state index contributed by atoms with van der Waals surface area (Å²) < 4.78 is 49.9. The number of pyridine rings is 1. The highest BCUT2D eigenvalue weighted by Gasteiger charge is 2.39. The van der Waals surface area contributed by atoms with Gasteiger partial charge < -0.3 is 5.32 Å². The van der Waals surface area contributed by atoms with E-state index < -0.39 is 17.9 Å². The SMILES string of the molecule is O=C(Nc1cnccc1-c1cccc(F)c1)C(F)(F)F. The van der Waals surface area contributed by atoms with E-state index in [1.165, 1.54) is 30.5 Å². The Kier molecular flexibility index (Phi) is 3.69. The molecule has 1 aromatic heterocycles.